The fourth-order valence-corrected chi connectivity index (χ4v) is 2.87. The van der Waals surface area contributed by atoms with Gasteiger partial charge in [-0.05, 0) is 12.8 Å². The summed E-state index contributed by atoms with van der Waals surface area (Å²) in [6, 6.07) is 0.635. The summed E-state index contributed by atoms with van der Waals surface area (Å²) >= 11 is 0. The maximum Gasteiger partial charge on any atom is 0.0540 e. The van der Waals surface area contributed by atoms with Crippen molar-refractivity contribution in [3.05, 3.63) is 17.5 Å². The third-order valence-corrected chi connectivity index (χ3v) is 3.70. The number of nitrogens with one attached hydrogen (secondary N) is 1. The van der Waals surface area contributed by atoms with Crippen LogP contribution in [0, 0.1) is 0 Å². The summed E-state index contributed by atoms with van der Waals surface area (Å²) in [6.07, 6.45) is 4.54. The van der Waals surface area contributed by atoms with E-state index in [1.54, 1.807) is 0 Å². The molecule has 0 aromatic carbocycles. The number of nitrogens with zero attached hydrogens (tertiary/aromatic N) is 3. The molecule has 1 atom stereocenters. The molecule has 4 nitrogen and oxygen atoms in total. The molecule has 1 N–H and O–H groups in total. The van der Waals surface area contributed by atoms with Crippen LogP contribution in [-0.4, -0.2) is 40.9 Å². The fourth-order valence-electron chi connectivity index (χ4n) is 2.87. The van der Waals surface area contributed by atoms with Gasteiger partial charge in [-0.3, -0.25) is 9.58 Å². The third kappa shape index (κ3) is 1.48. The summed E-state index contributed by atoms with van der Waals surface area (Å²) in [6.45, 7) is 4.62. The molecule has 82 valence electrons. The van der Waals surface area contributed by atoms with Crippen molar-refractivity contribution in [2.75, 3.05) is 26.2 Å². The second-order valence-electron chi connectivity index (χ2n) is 4.51. The van der Waals surface area contributed by atoms with E-state index < -0.39 is 0 Å². The van der Waals surface area contributed by atoms with Gasteiger partial charge < -0.3 is 5.32 Å². The minimum absolute atomic E-state index is 0.635. The zero-order chi connectivity index (χ0) is 10.3. The van der Waals surface area contributed by atoms with Crippen LogP contribution in [0.4, 0.5) is 0 Å². The molecule has 0 spiro atoms. The van der Waals surface area contributed by atoms with Crippen molar-refractivity contribution >= 4 is 0 Å². The zero-order valence-corrected chi connectivity index (χ0v) is 9.24. The topological polar surface area (TPSA) is 33.1 Å². The highest BCUT2D eigenvalue weighted by Gasteiger charge is 2.30. The van der Waals surface area contributed by atoms with Crippen LogP contribution in [0.1, 0.15) is 23.7 Å². The second kappa shape index (κ2) is 3.61. The van der Waals surface area contributed by atoms with E-state index in [1.165, 1.54) is 37.2 Å². The first-order chi connectivity index (χ1) is 7.36. The molecule has 1 aromatic heterocycles. The van der Waals surface area contributed by atoms with Crippen molar-refractivity contribution in [3.8, 4) is 0 Å². The van der Waals surface area contributed by atoms with Crippen LogP contribution in [0.2, 0.25) is 0 Å². The Bertz CT molecular complexity index is 351. The van der Waals surface area contributed by atoms with E-state index in [0.29, 0.717) is 6.04 Å². The third-order valence-electron chi connectivity index (χ3n) is 3.70. The normalized spacial score (nSPS) is 26.9. The molecular formula is C11H18N4. The van der Waals surface area contributed by atoms with Crippen LogP contribution in [0.5, 0.6) is 0 Å². The molecule has 1 unspecified atom stereocenters. The van der Waals surface area contributed by atoms with E-state index in [9.17, 15) is 0 Å². The maximum absolute atomic E-state index is 4.36. The van der Waals surface area contributed by atoms with Gasteiger partial charge in [-0.1, -0.05) is 0 Å². The summed E-state index contributed by atoms with van der Waals surface area (Å²) in [7, 11) is 2.05. The van der Waals surface area contributed by atoms with Gasteiger partial charge in [-0.15, -0.1) is 0 Å². The van der Waals surface area contributed by atoms with Gasteiger partial charge in [0.05, 0.1) is 6.20 Å². The summed E-state index contributed by atoms with van der Waals surface area (Å²) in [5, 5.41) is 7.76. The van der Waals surface area contributed by atoms with Gasteiger partial charge in [-0.25, -0.2) is 0 Å². The lowest BCUT2D eigenvalue weighted by molar-refractivity contribution is 0.173. The van der Waals surface area contributed by atoms with Crippen LogP contribution >= 0.6 is 0 Å². The fraction of sp³-hybridized carbons (Fsp3) is 0.727. The molecular weight excluding hydrogens is 188 g/mol. The number of fused-ring (bicyclic) bond motifs is 1. The van der Waals surface area contributed by atoms with Crippen LogP contribution in [0.25, 0.3) is 0 Å². The Morgan fingerprint density at radius 2 is 2.20 bits per heavy atom. The Morgan fingerprint density at radius 3 is 3.00 bits per heavy atom. The van der Waals surface area contributed by atoms with Crippen molar-refractivity contribution in [1.29, 1.82) is 0 Å². The molecule has 0 bridgehead atoms. The average molecular weight is 206 g/mol. The Kier molecular flexibility index (Phi) is 2.25. The predicted octanol–water partition coefficient (Wildman–Crippen LogP) is 0.313. The number of piperazine rings is 1. The molecule has 3 rings (SSSR count). The largest absolute Gasteiger partial charge is 0.314 e. The molecule has 0 radical (unpaired) electrons. The van der Waals surface area contributed by atoms with E-state index in [1.807, 2.05) is 4.68 Å². The van der Waals surface area contributed by atoms with E-state index in [4.69, 9.17) is 0 Å². The lowest BCUT2D eigenvalue weighted by Gasteiger charge is -2.32. The predicted molar refractivity (Wildman–Crippen MR) is 58.7 cm³/mol. The number of aromatic nitrogens is 2. The monoisotopic (exact) mass is 206 g/mol. The number of hydrogen-bond acceptors (Lipinski definition) is 3. The van der Waals surface area contributed by atoms with Gasteiger partial charge in [0.25, 0.3) is 0 Å². The highest BCUT2D eigenvalue weighted by molar-refractivity contribution is 5.27. The van der Waals surface area contributed by atoms with E-state index in [0.717, 1.165) is 13.1 Å². The molecule has 2 heterocycles. The molecule has 0 saturated carbocycles. The number of aryl methyl sites for hydroxylation is 1. The summed E-state index contributed by atoms with van der Waals surface area (Å²) in [5.41, 5.74) is 2.91. The summed E-state index contributed by atoms with van der Waals surface area (Å²) in [4.78, 5) is 2.60. The molecule has 0 amide bonds. The van der Waals surface area contributed by atoms with E-state index in [2.05, 4.69) is 28.6 Å². The van der Waals surface area contributed by atoms with Crippen LogP contribution in [0.3, 0.4) is 0 Å². The van der Waals surface area contributed by atoms with Crippen molar-refractivity contribution in [2.24, 2.45) is 7.05 Å². The first-order valence-electron chi connectivity index (χ1n) is 5.82. The van der Waals surface area contributed by atoms with E-state index >= 15 is 0 Å². The second-order valence-corrected chi connectivity index (χ2v) is 4.51. The minimum atomic E-state index is 0.635. The SMILES string of the molecule is Cn1ncc2c1CCC2N1CCNCC1. The average Bonchev–Trinajstić information content (AvgIpc) is 2.83. The highest BCUT2D eigenvalue weighted by atomic mass is 15.3. The summed E-state index contributed by atoms with van der Waals surface area (Å²) < 4.78 is 2.04. The first kappa shape index (κ1) is 9.36. The highest BCUT2D eigenvalue weighted by Crippen LogP contribution is 2.35. The van der Waals surface area contributed by atoms with Crippen molar-refractivity contribution in [2.45, 2.75) is 18.9 Å². The van der Waals surface area contributed by atoms with Gasteiger partial charge in [0.2, 0.25) is 0 Å². The van der Waals surface area contributed by atoms with Gasteiger partial charge in [0.15, 0.2) is 0 Å². The van der Waals surface area contributed by atoms with Crippen molar-refractivity contribution in [1.82, 2.24) is 20.0 Å². The van der Waals surface area contributed by atoms with Gasteiger partial charge in [-0.2, -0.15) is 5.10 Å². The number of rotatable bonds is 1. The van der Waals surface area contributed by atoms with E-state index in [-0.39, 0.29) is 0 Å². The first-order valence-corrected chi connectivity index (χ1v) is 5.82. The number of hydrogen-bond donors (Lipinski definition) is 1. The summed E-state index contributed by atoms with van der Waals surface area (Å²) in [5.74, 6) is 0. The van der Waals surface area contributed by atoms with Crippen LogP contribution in [0.15, 0.2) is 6.20 Å². The maximum atomic E-state index is 4.36. The van der Waals surface area contributed by atoms with Gasteiger partial charge in [0.1, 0.15) is 0 Å². The Morgan fingerprint density at radius 1 is 1.40 bits per heavy atom. The quantitative estimate of drug-likeness (QED) is 0.718. The van der Waals surface area contributed by atoms with Crippen molar-refractivity contribution in [3.63, 3.8) is 0 Å². The van der Waals surface area contributed by atoms with Crippen LogP contribution < -0.4 is 5.32 Å². The Balaban J connectivity index is 1.83. The van der Waals surface area contributed by atoms with Crippen molar-refractivity contribution < 1.29 is 0 Å². The molecule has 2 aliphatic rings. The minimum Gasteiger partial charge on any atom is -0.314 e. The molecule has 1 fully saturated rings. The lowest BCUT2D eigenvalue weighted by atomic mass is 10.1. The molecule has 15 heavy (non-hydrogen) atoms. The Hall–Kier alpha value is -0.870. The molecule has 4 heteroatoms. The molecule has 1 aromatic rings. The lowest BCUT2D eigenvalue weighted by Crippen LogP contribution is -2.44. The van der Waals surface area contributed by atoms with Gasteiger partial charge in [0, 0.05) is 50.5 Å². The zero-order valence-electron chi connectivity index (χ0n) is 9.24. The molecule has 1 saturated heterocycles. The molecule has 1 aliphatic heterocycles. The molecule has 1 aliphatic carbocycles. The van der Waals surface area contributed by atoms with Gasteiger partial charge >= 0.3 is 0 Å². The smallest absolute Gasteiger partial charge is 0.0540 e. The Labute approximate surface area is 90.3 Å². The standard InChI is InChI=1S/C11H18N4/c1-14-10-2-3-11(9(10)8-13-14)15-6-4-12-5-7-15/h8,11-12H,2-7H2,1H3. The van der Waals surface area contributed by atoms with Crippen LogP contribution in [-0.2, 0) is 13.5 Å².